The molecule has 0 spiro atoms. The monoisotopic (exact) mass is 227 g/mol. The molecule has 0 saturated heterocycles. The Bertz CT molecular complexity index is 396. The van der Waals surface area contributed by atoms with Crippen LogP contribution in [0.2, 0.25) is 5.22 Å². The Balaban J connectivity index is 2.06. The van der Waals surface area contributed by atoms with Gasteiger partial charge in [0.25, 0.3) is 0 Å². The summed E-state index contributed by atoms with van der Waals surface area (Å²) in [5.74, 6) is 0.739. The van der Waals surface area contributed by atoms with Crippen molar-refractivity contribution < 1.29 is 4.42 Å². The van der Waals surface area contributed by atoms with E-state index in [1.165, 1.54) is 4.88 Å². The van der Waals surface area contributed by atoms with Gasteiger partial charge in [0, 0.05) is 11.3 Å². The molecule has 0 amide bonds. The molecule has 1 atom stereocenters. The van der Waals surface area contributed by atoms with Crippen molar-refractivity contribution in [3.05, 3.63) is 45.5 Å². The zero-order chi connectivity index (χ0) is 9.97. The summed E-state index contributed by atoms with van der Waals surface area (Å²) in [6.45, 7) is 0. The smallest absolute Gasteiger partial charge is 0.193 e. The van der Waals surface area contributed by atoms with E-state index < -0.39 is 0 Å². The van der Waals surface area contributed by atoms with Crippen molar-refractivity contribution >= 4 is 22.9 Å². The second-order valence-corrected chi connectivity index (χ2v) is 4.44. The maximum Gasteiger partial charge on any atom is 0.193 e. The normalized spacial score (nSPS) is 13.0. The highest BCUT2D eigenvalue weighted by atomic mass is 35.5. The fourth-order valence-corrected chi connectivity index (χ4v) is 2.19. The minimum atomic E-state index is -0.110. The second-order valence-electron chi connectivity index (χ2n) is 3.03. The Morgan fingerprint density at radius 1 is 1.43 bits per heavy atom. The Labute approximate surface area is 91.3 Å². The van der Waals surface area contributed by atoms with Gasteiger partial charge in [-0.05, 0) is 35.2 Å². The molecule has 2 aromatic heterocycles. The highest BCUT2D eigenvalue weighted by Crippen LogP contribution is 2.22. The van der Waals surface area contributed by atoms with Gasteiger partial charge in [-0.2, -0.15) is 0 Å². The van der Waals surface area contributed by atoms with Gasteiger partial charge in [-0.25, -0.2) is 0 Å². The van der Waals surface area contributed by atoms with Crippen LogP contribution >= 0.6 is 22.9 Å². The van der Waals surface area contributed by atoms with E-state index in [4.69, 9.17) is 21.8 Å². The maximum atomic E-state index is 5.95. The molecule has 0 bridgehead atoms. The molecule has 0 aliphatic carbocycles. The first-order valence-corrected chi connectivity index (χ1v) is 5.54. The molecule has 0 fully saturated rings. The average Bonchev–Trinajstić information content (AvgIpc) is 2.75. The largest absolute Gasteiger partial charge is 0.448 e. The van der Waals surface area contributed by atoms with Gasteiger partial charge in [-0.3, -0.25) is 0 Å². The molecule has 1 unspecified atom stereocenters. The van der Waals surface area contributed by atoms with Crippen molar-refractivity contribution in [3.8, 4) is 0 Å². The molecule has 14 heavy (non-hydrogen) atoms. The lowest BCUT2D eigenvalue weighted by molar-refractivity contribution is 0.467. The molecule has 0 radical (unpaired) electrons. The molecule has 2 nitrogen and oxygen atoms in total. The Hall–Kier alpha value is -0.770. The van der Waals surface area contributed by atoms with E-state index in [1.54, 1.807) is 17.4 Å². The first-order valence-electron chi connectivity index (χ1n) is 4.29. The molecule has 4 heteroatoms. The molecule has 0 aromatic carbocycles. The first-order chi connectivity index (χ1) is 6.75. The zero-order valence-electron chi connectivity index (χ0n) is 7.44. The average molecular weight is 228 g/mol. The summed E-state index contributed by atoms with van der Waals surface area (Å²) in [5.41, 5.74) is 5.95. The van der Waals surface area contributed by atoms with Crippen LogP contribution in [0.5, 0.6) is 0 Å². The maximum absolute atomic E-state index is 5.95. The van der Waals surface area contributed by atoms with Crippen molar-refractivity contribution in [2.24, 2.45) is 5.73 Å². The zero-order valence-corrected chi connectivity index (χ0v) is 9.02. The van der Waals surface area contributed by atoms with Gasteiger partial charge in [0.15, 0.2) is 5.22 Å². The van der Waals surface area contributed by atoms with Crippen LogP contribution in [-0.2, 0) is 6.42 Å². The molecule has 0 saturated carbocycles. The Morgan fingerprint density at radius 2 is 2.29 bits per heavy atom. The van der Waals surface area contributed by atoms with E-state index in [-0.39, 0.29) is 6.04 Å². The third-order valence-corrected chi connectivity index (χ3v) is 3.06. The number of thiophene rings is 1. The summed E-state index contributed by atoms with van der Waals surface area (Å²) >= 11 is 7.36. The summed E-state index contributed by atoms with van der Waals surface area (Å²) < 4.78 is 5.24. The van der Waals surface area contributed by atoms with Crippen LogP contribution in [0.3, 0.4) is 0 Å². The highest BCUT2D eigenvalue weighted by Gasteiger charge is 2.11. The third kappa shape index (κ3) is 2.18. The van der Waals surface area contributed by atoms with Crippen molar-refractivity contribution in [3.63, 3.8) is 0 Å². The molecule has 2 heterocycles. The van der Waals surface area contributed by atoms with E-state index in [0.717, 1.165) is 12.2 Å². The van der Waals surface area contributed by atoms with Crippen molar-refractivity contribution in [1.29, 1.82) is 0 Å². The van der Waals surface area contributed by atoms with Crippen LogP contribution in [0.25, 0.3) is 0 Å². The standard InChI is InChI=1S/C10H10ClNOS/c11-10-4-3-9(13-10)8(12)6-7-2-1-5-14-7/h1-5,8H,6,12H2. The van der Waals surface area contributed by atoms with E-state index >= 15 is 0 Å². The van der Waals surface area contributed by atoms with Gasteiger partial charge in [0.05, 0.1) is 6.04 Å². The summed E-state index contributed by atoms with van der Waals surface area (Å²) in [4.78, 5) is 1.25. The topological polar surface area (TPSA) is 39.2 Å². The van der Waals surface area contributed by atoms with Crippen molar-refractivity contribution in [1.82, 2.24) is 0 Å². The lowest BCUT2D eigenvalue weighted by Crippen LogP contribution is -2.11. The molecule has 2 aromatic rings. The number of halogens is 1. The molecule has 2 N–H and O–H groups in total. The number of hydrogen-bond acceptors (Lipinski definition) is 3. The van der Waals surface area contributed by atoms with Crippen molar-refractivity contribution in [2.45, 2.75) is 12.5 Å². The lowest BCUT2D eigenvalue weighted by atomic mass is 10.1. The van der Waals surface area contributed by atoms with E-state index in [9.17, 15) is 0 Å². The quantitative estimate of drug-likeness (QED) is 0.875. The van der Waals surface area contributed by atoms with Crippen LogP contribution in [0, 0.1) is 0 Å². The number of rotatable bonds is 3. The SMILES string of the molecule is NC(Cc1cccs1)c1ccc(Cl)o1. The van der Waals surface area contributed by atoms with Crippen LogP contribution in [0.4, 0.5) is 0 Å². The third-order valence-electron chi connectivity index (χ3n) is 1.96. The molecular formula is C10H10ClNOS. The van der Waals surface area contributed by atoms with Crippen LogP contribution in [-0.4, -0.2) is 0 Å². The first kappa shape index (κ1) is 9.77. The highest BCUT2D eigenvalue weighted by molar-refractivity contribution is 7.09. The number of hydrogen-bond donors (Lipinski definition) is 1. The number of nitrogens with two attached hydrogens (primary N) is 1. The summed E-state index contributed by atoms with van der Waals surface area (Å²) in [5, 5.41) is 2.43. The summed E-state index contributed by atoms with van der Waals surface area (Å²) in [7, 11) is 0. The molecule has 0 aliphatic heterocycles. The fraction of sp³-hybridized carbons (Fsp3) is 0.200. The van der Waals surface area contributed by atoms with Crippen LogP contribution in [0.1, 0.15) is 16.7 Å². The van der Waals surface area contributed by atoms with E-state index in [1.807, 2.05) is 17.5 Å². The predicted molar refractivity (Wildman–Crippen MR) is 58.7 cm³/mol. The van der Waals surface area contributed by atoms with Gasteiger partial charge in [0.2, 0.25) is 0 Å². The summed E-state index contributed by atoms with van der Waals surface area (Å²) in [6.07, 6.45) is 0.793. The summed E-state index contributed by atoms with van der Waals surface area (Å²) in [6, 6.07) is 7.50. The Morgan fingerprint density at radius 3 is 2.86 bits per heavy atom. The van der Waals surface area contributed by atoms with Crippen LogP contribution in [0.15, 0.2) is 34.1 Å². The number of furan rings is 1. The van der Waals surface area contributed by atoms with Gasteiger partial charge >= 0.3 is 0 Å². The lowest BCUT2D eigenvalue weighted by Gasteiger charge is -2.05. The molecule has 74 valence electrons. The minimum absolute atomic E-state index is 0.110. The molecule has 2 rings (SSSR count). The molecule has 0 aliphatic rings. The fourth-order valence-electron chi connectivity index (χ4n) is 1.27. The van der Waals surface area contributed by atoms with E-state index in [0.29, 0.717) is 5.22 Å². The Kier molecular flexibility index (Phi) is 2.91. The van der Waals surface area contributed by atoms with Crippen LogP contribution < -0.4 is 5.73 Å². The van der Waals surface area contributed by atoms with Gasteiger partial charge < -0.3 is 10.2 Å². The second kappa shape index (κ2) is 4.17. The van der Waals surface area contributed by atoms with Gasteiger partial charge in [-0.15, -0.1) is 11.3 Å². The molecular weight excluding hydrogens is 218 g/mol. The van der Waals surface area contributed by atoms with Crippen molar-refractivity contribution in [2.75, 3.05) is 0 Å². The van der Waals surface area contributed by atoms with Gasteiger partial charge in [0.1, 0.15) is 5.76 Å². The van der Waals surface area contributed by atoms with E-state index in [2.05, 4.69) is 6.07 Å². The van der Waals surface area contributed by atoms with Gasteiger partial charge in [-0.1, -0.05) is 6.07 Å². The predicted octanol–water partition coefficient (Wildman–Crippen LogP) is 3.24. The minimum Gasteiger partial charge on any atom is -0.448 e.